The molecule has 1 unspecified atom stereocenters. The normalized spacial score (nSPS) is 12.9. The Morgan fingerprint density at radius 2 is 0.481 bits per heavy atom. The standard InChI is InChI=1S/C75H126O6/c1-4-7-10-13-16-19-21-23-25-27-29-31-32-33-34-35-36-37-38-39-40-41-42-44-45-47-49-51-53-56-59-62-65-68-74(77)80-71-72(70-79-73(76)67-64-61-58-55-18-15-12-9-6-3)81-75(78)69-66-63-60-57-54-52-50-48-46-43-30-28-26-24-22-20-17-14-11-8-5-2/h7,10,16,19,22-25,28-31,33-34,36-37,39-40,42,44,72H,4-6,8-9,11-15,17-18,20-21,26-27,32,35,38,41,43,45-71H2,1-3H3/b10-7-,19-16-,24-22-,25-23-,30-28-,31-29-,34-33-,37-36-,40-39-,44-42-. The number of rotatable bonds is 61. The Kier molecular flexibility index (Phi) is 64.8. The Bertz CT molecular complexity index is 1670. The van der Waals surface area contributed by atoms with E-state index < -0.39 is 6.10 Å². The predicted octanol–water partition coefficient (Wildman–Crippen LogP) is 23.6. The molecule has 0 aromatic carbocycles. The molecule has 0 spiro atoms. The van der Waals surface area contributed by atoms with Crippen molar-refractivity contribution in [1.29, 1.82) is 0 Å². The summed E-state index contributed by atoms with van der Waals surface area (Å²) in [5, 5.41) is 0. The van der Waals surface area contributed by atoms with Crippen LogP contribution in [0.5, 0.6) is 0 Å². The van der Waals surface area contributed by atoms with E-state index in [0.29, 0.717) is 19.3 Å². The molecule has 0 N–H and O–H groups in total. The second-order valence-corrected chi connectivity index (χ2v) is 22.4. The molecule has 0 heterocycles. The number of unbranched alkanes of at least 4 members (excludes halogenated alkanes) is 30. The van der Waals surface area contributed by atoms with E-state index in [1.807, 2.05) is 0 Å². The highest BCUT2D eigenvalue weighted by Crippen LogP contribution is 2.16. The molecule has 0 saturated carbocycles. The molecule has 0 aromatic rings. The van der Waals surface area contributed by atoms with Gasteiger partial charge in [-0.2, -0.15) is 0 Å². The summed E-state index contributed by atoms with van der Waals surface area (Å²) < 4.78 is 16.9. The second kappa shape index (κ2) is 68.3. The molecule has 0 aliphatic carbocycles. The average molecular weight is 1120 g/mol. The summed E-state index contributed by atoms with van der Waals surface area (Å²) in [6, 6.07) is 0. The van der Waals surface area contributed by atoms with Gasteiger partial charge in [-0.1, -0.05) is 303 Å². The van der Waals surface area contributed by atoms with Crippen LogP contribution in [0.4, 0.5) is 0 Å². The van der Waals surface area contributed by atoms with Crippen LogP contribution < -0.4 is 0 Å². The van der Waals surface area contributed by atoms with Crippen LogP contribution in [0.2, 0.25) is 0 Å². The first-order chi connectivity index (χ1) is 40.0. The zero-order valence-electron chi connectivity index (χ0n) is 53.0. The third-order valence-electron chi connectivity index (χ3n) is 14.5. The van der Waals surface area contributed by atoms with Gasteiger partial charge < -0.3 is 14.2 Å². The third kappa shape index (κ3) is 66.5. The minimum atomic E-state index is -0.785. The number of hydrogen-bond donors (Lipinski definition) is 0. The maximum atomic E-state index is 12.9. The molecule has 0 aliphatic rings. The van der Waals surface area contributed by atoms with Crippen LogP contribution in [0, 0.1) is 0 Å². The Hall–Kier alpha value is -4.19. The largest absolute Gasteiger partial charge is 0.462 e. The van der Waals surface area contributed by atoms with E-state index in [4.69, 9.17) is 14.2 Å². The highest BCUT2D eigenvalue weighted by atomic mass is 16.6. The van der Waals surface area contributed by atoms with Gasteiger partial charge >= 0.3 is 17.9 Å². The van der Waals surface area contributed by atoms with Gasteiger partial charge in [0.25, 0.3) is 0 Å². The average Bonchev–Trinajstić information content (AvgIpc) is 3.47. The van der Waals surface area contributed by atoms with Crippen LogP contribution in [0.1, 0.15) is 316 Å². The summed E-state index contributed by atoms with van der Waals surface area (Å²) >= 11 is 0. The topological polar surface area (TPSA) is 78.9 Å². The highest BCUT2D eigenvalue weighted by Gasteiger charge is 2.19. The molecule has 0 aliphatic heterocycles. The molecule has 0 bridgehead atoms. The van der Waals surface area contributed by atoms with Crippen LogP contribution in [-0.2, 0) is 28.6 Å². The van der Waals surface area contributed by atoms with E-state index in [-0.39, 0.29) is 31.1 Å². The van der Waals surface area contributed by atoms with E-state index >= 15 is 0 Å². The number of esters is 3. The van der Waals surface area contributed by atoms with Gasteiger partial charge in [0.2, 0.25) is 0 Å². The number of hydrogen-bond acceptors (Lipinski definition) is 6. The second-order valence-electron chi connectivity index (χ2n) is 22.4. The highest BCUT2D eigenvalue weighted by molar-refractivity contribution is 5.71. The smallest absolute Gasteiger partial charge is 0.306 e. The number of carbonyl (C=O) groups excluding carboxylic acids is 3. The van der Waals surface area contributed by atoms with Gasteiger partial charge in [-0.3, -0.25) is 14.4 Å². The lowest BCUT2D eigenvalue weighted by Crippen LogP contribution is -2.30. The molecular formula is C75H126O6. The molecule has 6 nitrogen and oxygen atoms in total. The summed E-state index contributed by atoms with van der Waals surface area (Å²) in [6.45, 7) is 6.51. The van der Waals surface area contributed by atoms with Crippen LogP contribution in [0.25, 0.3) is 0 Å². The predicted molar refractivity (Wildman–Crippen MR) is 353 cm³/mol. The van der Waals surface area contributed by atoms with Gasteiger partial charge in [0.1, 0.15) is 13.2 Å². The molecule has 462 valence electrons. The van der Waals surface area contributed by atoms with Crippen molar-refractivity contribution in [2.24, 2.45) is 0 Å². The lowest BCUT2D eigenvalue weighted by molar-refractivity contribution is -0.167. The number of carbonyl (C=O) groups is 3. The Morgan fingerprint density at radius 1 is 0.259 bits per heavy atom. The lowest BCUT2D eigenvalue weighted by Gasteiger charge is -2.18. The van der Waals surface area contributed by atoms with Gasteiger partial charge in [-0.05, 0) is 116 Å². The molecule has 0 amide bonds. The molecular weight excluding hydrogens is 997 g/mol. The zero-order valence-corrected chi connectivity index (χ0v) is 53.0. The van der Waals surface area contributed by atoms with E-state index in [1.165, 1.54) is 154 Å². The van der Waals surface area contributed by atoms with Crippen LogP contribution >= 0.6 is 0 Å². The van der Waals surface area contributed by atoms with Crippen molar-refractivity contribution < 1.29 is 28.6 Å². The Balaban J connectivity index is 4.21. The zero-order chi connectivity index (χ0) is 58.5. The number of allylic oxidation sites excluding steroid dienone is 20. The van der Waals surface area contributed by atoms with Crippen molar-refractivity contribution in [3.63, 3.8) is 0 Å². The molecule has 0 radical (unpaired) electrons. The van der Waals surface area contributed by atoms with Crippen molar-refractivity contribution >= 4 is 17.9 Å². The van der Waals surface area contributed by atoms with E-state index in [0.717, 1.165) is 122 Å². The van der Waals surface area contributed by atoms with Gasteiger partial charge in [0.15, 0.2) is 6.10 Å². The molecule has 0 fully saturated rings. The summed E-state index contributed by atoms with van der Waals surface area (Å²) in [5.41, 5.74) is 0. The van der Waals surface area contributed by atoms with Crippen molar-refractivity contribution in [2.75, 3.05) is 13.2 Å². The molecule has 0 rings (SSSR count). The minimum absolute atomic E-state index is 0.0812. The Labute approximate surface area is 501 Å². The van der Waals surface area contributed by atoms with Gasteiger partial charge in [-0.25, -0.2) is 0 Å². The minimum Gasteiger partial charge on any atom is -0.462 e. The van der Waals surface area contributed by atoms with Gasteiger partial charge in [-0.15, -0.1) is 0 Å². The fourth-order valence-corrected chi connectivity index (χ4v) is 9.37. The summed E-state index contributed by atoms with van der Waals surface area (Å²) in [7, 11) is 0. The first kappa shape index (κ1) is 76.8. The summed E-state index contributed by atoms with van der Waals surface area (Å²) in [4.78, 5) is 38.2. The maximum Gasteiger partial charge on any atom is 0.306 e. The van der Waals surface area contributed by atoms with E-state index in [9.17, 15) is 14.4 Å². The summed E-state index contributed by atoms with van der Waals surface area (Å²) in [5.74, 6) is -0.889. The molecule has 81 heavy (non-hydrogen) atoms. The first-order valence-electron chi connectivity index (χ1n) is 34.0. The molecule has 6 heteroatoms. The quantitative estimate of drug-likeness (QED) is 0.0261. The van der Waals surface area contributed by atoms with Crippen molar-refractivity contribution in [2.45, 2.75) is 322 Å². The maximum absolute atomic E-state index is 12.9. The van der Waals surface area contributed by atoms with Gasteiger partial charge in [0, 0.05) is 19.3 Å². The SMILES string of the molecule is CC/C=C\C/C=C\C/C=C\C/C=C\C/C=C\C/C=C\C/C=C\C/C=C\CCCCCCCCCCC(=O)OCC(COC(=O)CCCCCCCCCCC)OC(=O)CCCCCCCCCCC/C=C\C/C=C\CCCCCCC. The fourth-order valence-electron chi connectivity index (χ4n) is 9.37. The first-order valence-corrected chi connectivity index (χ1v) is 34.0. The third-order valence-corrected chi connectivity index (χ3v) is 14.5. The van der Waals surface area contributed by atoms with Crippen molar-refractivity contribution in [1.82, 2.24) is 0 Å². The summed E-state index contributed by atoms with van der Waals surface area (Å²) in [6.07, 6.45) is 95.1. The lowest BCUT2D eigenvalue weighted by atomic mass is 10.1. The van der Waals surface area contributed by atoms with Gasteiger partial charge in [0.05, 0.1) is 0 Å². The van der Waals surface area contributed by atoms with Crippen molar-refractivity contribution in [3.05, 3.63) is 122 Å². The number of ether oxygens (including phenoxy) is 3. The Morgan fingerprint density at radius 3 is 0.753 bits per heavy atom. The van der Waals surface area contributed by atoms with Crippen molar-refractivity contribution in [3.8, 4) is 0 Å². The van der Waals surface area contributed by atoms with Crippen LogP contribution in [0.15, 0.2) is 122 Å². The molecule has 1 atom stereocenters. The van der Waals surface area contributed by atoms with Crippen LogP contribution in [0.3, 0.4) is 0 Å². The van der Waals surface area contributed by atoms with E-state index in [1.54, 1.807) is 0 Å². The molecule has 0 aromatic heterocycles. The molecule has 0 saturated heterocycles. The van der Waals surface area contributed by atoms with Crippen LogP contribution in [-0.4, -0.2) is 37.2 Å². The monoisotopic (exact) mass is 1120 g/mol. The fraction of sp³-hybridized carbons (Fsp3) is 0.693. The van der Waals surface area contributed by atoms with E-state index in [2.05, 4.69) is 142 Å².